The second kappa shape index (κ2) is 6.03. The summed E-state index contributed by atoms with van der Waals surface area (Å²) in [6.07, 6.45) is 0. The van der Waals surface area contributed by atoms with Gasteiger partial charge in [0.1, 0.15) is 11.3 Å². The second-order valence-electron chi connectivity index (χ2n) is 8.73. The highest BCUT2D eigenvalue weighted by molar-refractivity contribution is 6.27. The van der Waals surface area contributed by atoms with Crippen LogP contribution in [0.1, 0.15) is 0 Å². The Hall–Kier alpha value is -4.86. The summed E-state index contributed by atoms with van der Waals surface area (Å²) < 4.78 is 58.2. The molecule has 172 valence electrons. The van der Waals surface area contributed by atoms with Gasteiger partial charge in [-0.1, -0.05) is 0 Å². The molecule has 0 fully saturated rings. The van der Waals surface area contributed by atoms with E-state index in [1.807, 2.05) is 0 Å². The second-order valence-corrected chi connectivity index (χ2v) is 8.73. The molecule has 4 aromatic carbocycles. The number of hydrogen-bond donors (Lipinski definition) is 0. The number of rotatable bonds is 0. The zero-order chi connectivity index (χ0) is 24.6. The summed E-state index contributed by atoms with van der Waals surface area (Å²) in [4.78, 5) is 35.9. The molecule has 0 unspecified atom stereocenters. The Kier molecular flexibility index (Phi) is 3.26. The van der Waals surface area contributed by atoms with Gasteiger partial charge in [0, 0.05) is 56.6 Å². The number of aromatic nitrogens is 4. The molecule has 6 nitrogen and oxygen atoms in total. The molecule has 36 heavy (non-hydrogen) atoms. The van der Waals surface area contributed by atoms with E-state index in [2.05, 4.69) is 9.97 Å². The van der Waals surface area contributed by atoms with Crippen molar-refractivity contribution in [1.29, 1.82) is 0 Å². The standard InChI is InChI=1S/C26H8F4N4O2/c27-13-5-17-19(7-15(13)29)33-23(31-17)9-1-3-11-22-10(2-4-12(21(9)22)26(33)36)24-32-18-6-14(28)16(30)8-20(18)34(24)25(11)35/h1-8H. The van der Waals surface area contributed by atoms with Crippen molar-refractivity contribution in [3.8, 4) is 0 Å². The number of nitrogens with zero attached hydrogens (tertiary/aromatic N) is 4. The first-order valence-electron chi connectivity index (χ1n) is 10.8. The molecule has 0 aliphatic carbocycles. The summed E-state index contributed by atoms with van der Waals surface area (Å²) in [6.45, 7) is 0. The maximum atomic E-state index is 14.0. The lowest BCUT2D eigenvalue weighted by Crippen LogP contribution is -2.16. The van der Waals surface area contributed by atoms with Gasteiger partial charge in [-0.15, -0.1) is 0 Å². The van der Waals surface area contributed by atoms with Gasteiger partial charge in [0.25, 0.3) is 11.1 Å². The number of pyridine rings is 2. The summed E-state index contributed by atoms with van der Waals surface area (Å²) >= 11 is 0. The average Bonchev–Trinajstić information content (AvgIpc) is 3.40. The van der Waals surface area contributed by atoms with Gasteiger partial charge in [-0.05, 0) is 24.3 Å². The minimum absolute atomic E-state index is 0.108. The monoisotopic (exact) mass is 484 g/mol. The van der Waals surface area contributed by atoms with E-state index in [-0.39, 0.29) is 44.1 Å². The molecule has 0 radical (unpaired) electrons. The molecule has 4 aromatic heterocycles. The molecule has 0 aliphatic rings. The van der Waals surface area contributed by atoms with Crippen LogP contribution < -0.4 is 11.1 Å². The highest BCUT2D eigenvalue weighted by Crippen LogP contribution is 2.37. The van der Waals surface area contributed by atoms with Crippen molar-refractivity contribution in [2.45, 2.75) is 0 Å². The molecule has 10 heteroatoms. The third-order valence-corrected chi connectivity index (χ3v) is 6.90. The summed E-state index contributed by atoms with van der Waals surface area (Å²) in [5, 5.41) is 2.38. The molecule has 0 bridgehead atoms. The topological polar surface area (TPSA) is 68.7 Å². The van der Waals surface area contributed by atoms with Crippen LogP contribution in [0.15, 0.2) is 58.1 Å². The Morgan fingerprint density at radius 2 is 0.889 bits per heavy atom. The fraction of sp³-hybridized carbons (Fsp3) is 0. The molecule has 0 atom stereocenters. The normalized spacial score (nSPS) is 12.7. The van der Waals surface area contributed by atoms with E-state index in [0.717, 1.165) is 24.3 Å². The van der Waals surface area contributed by atoms with E-state index in [4.69, 9.17) is 0 Å². The van der Waals surface area contributed by atoms with Crippen molar-refractivity contribution < 1.29 is 17.6 Å². The van der Waals surface area contributed by atoms with Gasteiger partial charge in [-0.25, -0.2) is 27.5 Å². The zero-order valence-corrected chi connectivity index (χ0v) is 17.7. The number of benzene rings is 4. The molecule has 0 saturated carbocycles. The summed E-state index contributed by atoms with van der Waals surface area (Å²) in [5.74, 6) is -4.38. The van der Waals surface area contributed by atoms with Gasteiger partial charge in [0.2, 0.25) is 0 Å². The van der Waals surface area contributed by atoms with Crippen LogP contribution in [0.2, 0.25) is 0 Å². The van der Waals surface area contributed by atoms with E-state index in [9.17, 15) is 27.2 Å². The predicted molar refractivity (Wildman–Crippen MR) is 126 cm³/mol. The van der Waals surface area contributed by atoms with Crippen molar-refractivity contribution in [1.82, 2.24) is 18.8 Å². The Morgan fingerprint density at radius 1 is 0.528 bits per heavy atom. The highest BCUT2D eigenvalue weighted by atomic mass is 19.2. The van der Waals surface area contributed by atoms with Crippen molar-refractivity contribution >= 4 is 65.7 Å². The zero-order valence-electron chi connectivity index (χ0n) is 17.7. The van der Waals surface area contributed by atoms with Crippen molar-refractivity contribution in [2.75, 3.05) is 0 Å². The third-order valence-electron chi connectivity index (χ3n) is 6.90. The van der Waals surface area contributed by atoms with E-state index >= 15 is 0 Å². The maximum absolute atomic E-state index is 14.0. The fourth-order valence-corrected chi connectivity index (χ4v) is 5.38. The van der Waals surface area contributed by atoms with Crippen LogP contribution in [-0.4, -0.2) is 18.8 Å². The molecule has 0 saturated heterocycles. The molecule has 0 amide bonds. The van der Waals surface area contributed by atoms with E-state index in [1.54, 1.807) is 24.3 Å². The molecule has 4 heterocycles. The number of imidazole rings is 2. The number of halogens is 4. The van der Waals surface area contributed by atoms with Crippen molar-refractivity contribution in [2.24, 2.45) is 0 Å². The molecular formula is C26H8F4N4O2. The lowest BCUT2D eigenvalue weighted by Gasteiger charge is -2.12. The Morgan fingerprint density at radius 3 is 1.31 bits per heavy atom. The third kappa shape index (κ3) is 2.09. The minimum Gasteiger partial charge on any atom is -0.268 e. The Balaban J connectivity index is 1.66. The van der Waals surface area contributed by atoms with Gasteiger partial charge in [0.15, 0.2) is 23.3 Å². The van der Waals surface area contributed by atoms with Gasteiger partial charge >= 0.3 is 0 Å². The molecule has 8 aromatic rings. The molecule has 0 aliphatic heterocycles. The van der Waals surface area contributed by atoms with Crippen molar-refractivity contribution in [3.05, 3.63) is 92.5 Å². The molecule has 8 rings (SSSR count). The van der Waals surface area contributed by atoms with Crippen LogP contribution in [0.4, 0.5) is 17.6 Å². The summed E-state index contributed by atoms with van der Waals surface area (Å²) in [6, 6.07) is 10.1. The predicted octanol–water partition coefficient (Wildman–Crippen LogP) is 4.90. The van der Waals surface area contributed by atoms with E-state index < -0.39 is 34.4 Å². The van der Waals surface area contributed by atoms with Crippen LogP contribution in [0, 0.1) is 23.3 Å². The molecule has 0 N–H and O–H groups in total. The lowest BCUT2D eigenvalue weighted by molar-refractivity contribution is 0.510. The maximum Gasteiger partial charge on any atom is 0.264 e. The van der Waals surface area contributed by atoms with Crippen LogP contribution >= 0.6 is 0 Å². The minimum atomic E-state index is -1.11. The van der Waals surface area contributed by atoms with Gasteiger partial charge in [0.05, 0.1) is 22.1 Å². The van der Waals surface area contributed by atoms with Crippen LogP contribution in [-0.2, 0) is 0 Å². The molecule has 0 spiro atoms. The smallest absolute Gasteiger partial charge is 0.264 e. The Bertz CT molecular complexity index is 2240. The average molecular weight is 484 g/mol. The quantitative estimate of drug-likeness (QED) is 0.227. The van der Waals surface area contributed by atoms with Crippen LogP contribution in [0.3, 0.4) is 0 Å². The number of fused-ring (bicyclic) bond motifs is 8. The van der Waals surface area contributed by atoms with Gasteiger partial charge < -0.3 is 0 Å². The summed E-state index contributed by atoms with van der Waals surface area (Å²) in [5.41, 5.74) is -0.188. The summed E-state index contributed by atoms with van der Waals surface area (Å²) in [7, 11) is 0. The van der Waals surface area contributed by atoms with Gasteiger partial charge in [-0.2, -0.15) is 0 Å². The van der Waals surface area contributed by atoms with Crippen LogP contribution in [0.25, 0.3) is 65.7 Å². The molecular weight excluding hydrogens is 476 g/mol. The SMILES string of the molecule is O=c1c2ccc3c4c(ccc(c24)c2nc4cc(F)c(F)cc4n12)c(=O)n1c2cc(F)c(F)cc2nc31. The first kappa shape index (κ1) is 19.4. The van der Waals surface area contributed by atoms with E-state index in [1.165, 1.54) is 8.80 Å². The van der Waals surface area contributed by atoms with Crippen molar-refractivity contribution in [3.63, 3.8) is 0 Å². The van der Waals surface area contributed by atoms with Crippen LogP contribution in [0.5, 0.6) is 0 Å². The lowest BCUT2D eigenvalue weighted by atomic mass is 9.96. The largest absolute Gasteiger partial charge is 0.268 e. The Labute approximate surface area is 194 Å². The highest BCUT2D eigenvalue weighted by Gasteiger charge is 2.23. The first-order valence-corrected chi connectivity index (χ1v) is 10.8. The van der Waals surface area contributed by atoms with E-state index in [0.29, 0.717) is 21.5 Å². The first-order chi connectivity index (χ1) is 17.3. The number of hydrogen-bond acceptors (Lipinski definition) is 4. The van der Waals surface area contributed by atoms with Gasteiger partial charge in [-0.3, -0.25) is 18.4 Å². The fourth-order valence-electron chi connectivity index (χ4n) is 5.38.